The van der Waals surface area contributed by atoms with Gasteiger partial charge in [0.05, 0.1) is 0 Å². The van der Waals surface area contributed by atoms with Gasteiger partial charge in [-0.2, -0.15) is 0 Å². The average molecular weight is 445 g/mol. The van der Waals surface area contributed by atoms with Crippen molar-refractivity contribution in [3.63, 3.8) is 0 Å². The lowest BCUT2D eigenvalue weighted by molar-refractivity contribution is 0.0967. The van der Waals surface area contributed by atoms with Gasteiger partial charge in [-0.25, -0.2) is 4.39 Å². The quantitative estimate of drug-likeness (QED) is 0.521. The first-order valence-electron chi connectivity index (χ1n) is 11.6. The molecule has 2 aliphatic heterocycles. The highest BCUT2D eigenvalue weighted by atomic mass is 32.2. The number of hydrogen-bond acceptors (Lipinski definition) is 4. The number of fused-ring (bicyclic) bond motifs is 1. The second kappa shape index (κ2) is 11.9. The van der Waals surface area contributed by atoms with Gasteiger partial charge in [0, 0.05) is 43.5 Å². The molecular weight excluding hydrogens is 407 g/mol. The topological polar surface area (TPSA) is 15.7 Å². The predicted octanol–water partition coefficient (Wildman–Crippen LogP) is 5.82. The molecule has 0 bridgehead atoms. The fourth-order valence-electron chi connectivity index (χ4n) is 4.58. The van der Waals surface area contributed by atoms with Gasteiger partial charge in [-0.15, -0.1) is 11.8 Å². The Balaban J connectivity index is 0.00000132. The highest BCUT2D eigenvalue weighted by Crippen LogP contribution is 2.36. The van der Waals surface area contributed by atoms with E-state index >= 15 is 0 Å². The van der Waals surface area contributed by atoms with E-state index < -0.39 is 0 Å². The molecule has 170 valence electrons. The molecule has 2 aromatic rings. The molecule has 4 rings (SSSR count). The molecule has 1 unspecified atom stereocenters. The number of halogens is 1. The van der Waals surface area contributed by atoms with Crippen molar-refractivity contribution in [2.45, 2.75) is 50.2 Å². The molecule has 1 saturated heterocycles. The third kappa shape index (κ3) is 6.24. The molecule has 2 heterocycles. The summed E-state index contributed by atoms with van der Waals surface area (Å²) in [6.07, 6.45) is 4.30. The number of alkyl halides is 1. The van der Waals surface area contributed by atoms with Gasteiger partial charge in [-0.05, 0) is 67.1 Å². The normalized spacial score (nSPS) is 20.0. The number of rotatable bonds is 6. The lowest BCUT2D eigenvalue weighted by Gasteiger charge is -2.34. The minimum absolute atomic E-state index is 0.236. The van der Waals surface area contributed by atoms with E-state index in [9.17, 15) is 4.39 Å². The molecule has 3 nitrogen and oxygen atoms in total. The molecule has 0 N–H and O–H groups in total. The number of ether oxygens (including phenoxy) is 1. The third-order valence-corrected chi connectivity index (χ3v) is 6.92. The minimum Gasteiger partial charge on any atom is -0.490 e. The standard InChI is InChI=1S/C24H31FN2OS.C2H6/c1-26-16-19-15-21(28-20-9-12-27(13-10-20)14-11-25)5-8-23(19)24(17-26)18-3-6-22(29-2)7-4-18;1-2/h3-8,15,20,24H,9-14,16-17H2,1-2H3;1-2H3. The van der Waals surface area contributed by atoms with Crippen molar-refractivity contribution in [2.24, 2.45) is 0 Å². The van der Waals surface area contributed by atoms with Crippen molar-refractivity contribution in [3.8, 4) is 5.75 Å². The lowest BCUT2D eigenvalue weighted by Crippen LogP contribution is -2.39. The Bertz CT molecular complexity index is 806. The number of hydrogen-bond donors (Lipinski definition) is 0. The lowest BCUT2D eigenvalue weighted by atomic mass is 9.85. The Labute approximate surface area is 192 Å². The number of nitrogens with zero attached hydrogens (tertiary/aromatic N) is 2. The van der Waals surface area contributed by atoms with Crippen molar-refractivity contribution >= 4 is 11.8 Å². The van der Waals surface area contributed by atoms with E-state index in [0.717, 1.165) is 44.8 Å². The molecule has 31 heavy (non-hydrogen) atoms. The van der Waals surface area contributed by atoms with Gasteiger partial charge in [-0.1, -0.05) is 32.0 Å². The fourth-order valence-corrected chi connectivity index (χ4v) is 4.99. The van der Waals surface area contributed by atoms with E-state index in [0.29, 0.717) is 12.5 Å². The van der Waals surface area contributed by atoms with E-state index in [1.54, 1.807) is 11.8 Å². The van der Waals surface area contributed by atoms with Crippen LogP contribution in [0.3, 0.4) is 0 Å². The summed E-state index contributed by atoms with van der Waals surface area (Å²) in [7, 11) is 2.19. The Morgan fingerprint density at radius 1 is 1.06 bits per heavy atom. The highest BCUT2D eigenvalue weighted by Gasteiger charge is 2.26. The van der Waals surface area contributed by atoms with Crippen LogP contribution in [0, 0.1) is 0 Å². The summed E-state index contributed by atoms with van der Waals surface area (Å²) in [5.41, 5.74) is 4.17. The highest BCUT2D eigenvalue weighted by molar-refractivity contribution is 7.98. The van der Waals surface area contributed by atoms with Crippen LogP contribution >= 0.6 is 11.8 Å². The molecule has 1 fully saturated rings. The number of likely N-dealkylation sites (tertiary alicyclic amines) is 1. The molecule has 5 heteroatoms. The molecule has 0 spiro atoms. The second-order valence-corrected chi connectivity index (χ2v) is 9.11. The van der Waals surface area contributed by atoms with Gasteiger partial charge in [0.15, 0.2) is 0 Å². The van der Waals surface area contributed by atoms with E-state index in [2.05, 4.69) is 65.6 Å². The zero-order valence-electron chi connectivity index (χ0n) is 19.4. The summed E-state index contributed by atoms with van der Waals surface area (Å²) in [5, 5.41) is 0. The largest absolute Gasteiger partial charge is 0.490 e. The van der Waals surface area contributed by atoms with Crippen LogP contribution in [0.2, 0.25) is 0 Å². The fraction of sp³-hybridized carbons (Fsp3) is 0.538. The van der Waals surface area contributed by atoms with Crippen molar-refractivity contribution in [2.75, 3.05) is 46.2 Å². The maximum absolute atomic E-state index is 12.5. The van der Waals surface area contributed by atoms with Crippen LogP contribution in [0.15, 0.2) is 47.4 Å². The number of benzene rings is 2. The van der Waals surface area contributed by atoms with Gasteiger partial charge in [0.1, 0.15) is 18.5 Å². The van der Waals surface area contributed by atoms with E-state index in [1.807, 2.05) is 13.8 Å². The number of thioether (sulfide) groups is 1. The van der Waals surface area contributed by atoms with Gasteiger partial charge in [-0.3, -0.25) is 0 Å². The average Bonchev–Trinajstić information content (AvgIpc) is 2.81. The Morgan fingerprint density at radius 3 is 2.42 bits per heavy atom. The first kappa shape index (κ1) is 24.1. The van der Waals surface area contributed by atoms with E-state index in [1.165, 1.54) is 21.6 Å². The van der Waals surface area contributed by atoms with Crippen LogP contribution < -0.4 is 4.74 Å². The molecule has 1 atom stereocenters. The first-order chi connectivity index (χ1) is 15.2. The molecule has 0 aromatic heterocycles. The van der Waals surface area contributed by atoms with E-state index in [4.69, 9.17) is 4.74 Å². The molecule has 2 aliphatic rings. The maximum atomic E-state index is 12.5. The molecule has 0 amide bonds. The Hall–Kier alpha value is -1.56. The van der Waals surface area contributed by atoms with Crippen molar-refractivity contribution in [1.82, 2.24) is 9.80 Å². The second-order valence-electron chi connectivity index (χ2n) is 8.23. The molecular formula is C26H37FN2OS. The zero-order chi connectivity index (χ0) is 22.2. The maximum Gasteiger partial charge on any atom is 0.120 e. The SMILES string of the molecule is CC.CSc1ccc(C2CN(C)Cc3cc(OC4CCN(CCF)CC4)ccc32)cc1. The van der Waals surface area contributed by atoms with Gasteiger partial charge in [0.25, 0.3) is 0 Å². The first-order valence-corrected chi connectivity index (χ1v) is 12.8. The smallest absolute Gasteiger partial charge is 0.120 e. The van der Waals surface area contributed by atoms with Crippen molar-refractivity contribution in [3.05, 3.63) is 59.2 Å². The monoisotopic (exact) mass is 444 g/mol. The van der Waals surface area contributed by atoms with Crippen molar-refractivity contribution < 1.29 is 9.13 Å². The molecule has 0 saturated carbocycles. The third-order valence-electron chi connectivity index (χ3n) is 6.18. The van der Waals surface area contributed by atoms with Crippen LogP contribution in [-0.4, -0.2) is 62.1 Å². The molecule has 0 aliphatic carbocycles. The molecule has 0 radical (unpaired) electrons. The Kier molecular flexibility index (Phi) is 9.24. The van der Waals surface area contributed by atoms with E-state index in [-0.39, 0.29) is 12.8 Å². The summed E-state index contributed by atoms with van der Waals surface area (Å²) in [6, 6.07) is 15.6. The Morgan fingerprint density at radius 2 is 1.77 bits per heavy atom. The van der Waals surface area contributed by atoms with Crippen LogP contribution in [-0.2, 0) is 6.54 Å². The van der Waals surface area contributed by atoms with Crippen LogP contribution in [0.4, 0.5) is 4.39 Å². The van der Waals surface area contributed by atoms with Gasteiger partial charge >= 0.3 is 0 Å². The summed E-state index contributed by atoms with van der Waals surface area (Å²) < 4.78 is 18.8. The molecule has 2 aromatic carbocycles. The van der Waals surface area contributed by atoms with Crippen molar-refractivity contribution in [1.29, 1.82) is 0 Å². The predicted molar refractivity (Wildman–Crippen MR) is 130 cm³/mol. The summed E-state index contributed by atoms with van der Waals surface area (Å²) >= 11 is 1.78. The number of piperidine rings is 1. The zero-order valence-corrected chi connectivity index (χ0v) is 20.3. The van der Waals surface area contributed by atoms with Crippen LogP contribution in [0.1, 0.15) is 49.3 Å². The number of likely N-dealkylation sites (N-methyl/N-ethyl adjacent to an activating group) is 1. The van der Waals surface area contributed by atoms with Gasteiger partial charge in [0.2, 0.25) is 0 Å². The van der Waals surface area contributed by atoms with Crippen LogP contribution in [0.5, 0.6) is 5.75 Å². The summed E-state index contributed by atoms with van der Waals surface area (Å²) in [6.45, 7) is 8.15. The minimum atomic E-state index is -0.259. The summed E-state index contributed by atoms with van der Waals surface area (Å²) in [5.74, 6) is 1.37. The van der Waals surface area contributed by atoms with Gasteiger partial charge < -0.3 is 14.5 Å². The van der Waals surface area contributed by atoms with Crippen LogP contribution in [0.25, 0.3) is 0 Å². The summed E-state index contributed by atoms with van der Waals surface area (Å²) in [4.78, 5) is 5.89.